The number of nitrogens with one attached hydrogen (secondary N) is 1. The van der Waals surface area contributed by atoms with Crippen LogP contribution in [0.25, 0.3) is 5.57 Å². The van der Waals surface area contributed by atoms with Crippen molar-refractivity contribution in [1.29, 1.82) is 0 Å². The van der Waals surface area contributed by atoms with Crippen molar-refractivity contribution in [2.24, 2.45) is 0 Å². The number of amides is 2. The second-order valence-electron chi connectivity index (χ2n) is 6.23. The summed E-state index contributed by atoms with van der Waals surface area (Å²) in [5, 5.41) is 5.53. The zero-order chi connectivity index (χ0) is 19.8. The molecule has 0 unspecified atom stereocenters. The lowest BCUT2D eigenvalue weighted by Gasteiger charge is -2.15. The molecule has 2 heterocycles. The number of carbonyl (C=O) groups excluding carboxylic acids is 2. The van der Waals surface area contributed by atoms with Crippen molar-refractivity contribution >= 4 is 51.7 Å². The van der Waals surface area contributed by atoms with E-state index in [0.29, 0.717) is 26.8 Å². The predicted octanol–water partition coefficient (Wildman–Crippen LogP) is 5.25. The average Bonchev–Trinajstić information content (AvgIpc) is 3.26. The number of halogens is 2. The van der Waals surface area contributed by atoms with Crippen molar-refractivity contribution in [3.63, 3.8) is 0 Å². The number of nitrogens with zero attached hydrogens (tertiary/aromatic N) is 1. The molecule has 1 aliphatic rings. The van der Waals surface area contributed by atoms with Crippen LogP contribution in [0.1, 0.15) is 10.4 Å². The van der Waals surface area contributed by atoms with Crippen LogP contribution in [0.5, 0.6) is 0 Å². The van der Waals surface area contributed by atoms with Crippen LogP contribution >= 0.6 is 22.9 Å². The van der Waals surface area contributed by atoms with Crippen LogP contribution in [-0.2, 0) is 9.59 Å². The van der Waals surface area contributed by atoms with E-state index in [1.54, 1.807) is 24.3 Å². The van der Waals surface area contributed by atoms with Crippen LogP contribution in [0.3, 0.4) is 0 Å². The molecule has 7 heteroatoms. The van der Waals surface area contributed by atoms with Gasteiger partial charge in [-0.15, -0.1) is 11.3 Å². The van der Waals surface area contributed by atoms with Gasteiger partial charge in [-0.3, -0.25) is 9.59 Å². The van der Waals surface area contributed by atoms with Crippen molar-refractivity contribution in [3.8, 4) is 0 Å². The van der Waals surface area contributed by atoms with Gasteiger partial charge in [-0.2, -0.15) is 0 Å². The van der Waals surface area contributed by atoms with Gasteiger partial charge in [0.1, 0.15) is 11.5 Å². The Morgan fingerprint density at radius 2 is 1.79 bits per heavy atom. The van der Waals surface area contributed by atoms with E-state index in [0.717, 1.165) is 10.5 Å². The number of carbonyl (C=O) groups is 2. The molecule has 3 aromatic rings. The monoisotopic (exact) mass is 412 g/mol. The summed E-state index contributed by atoms with van der Waals surface area (Å²) >= 11 is 7.38. The molecule has 0 aliphatic carbocycles. The molecule has 2 aromatic carbocycles. The minimum absolute atomic E-state index is 0.183. The smallest absolute Gasteiger partial charge is 0.282 e. The first-order chi connectivity index (χ1) is 13.5. The van der Waals surface area contributed by atoms with Crippen molar-refractivity contribution in [3.05, 3.63) is 87.0 Å². The van der Waals surface area contributed by atoms with Gasteiger partial charge in [0.25, 0.3) is 11.8 Å². The third kappa shape index (κ3) is 3.21. The molecular weight excluding hydrogens is 399 g/mol. The van der Waals surface area contributed by atoms with Gasteiger partial charge in [-0.05, 0) is 66.4 Å². The zero-order valence-electron chi connectivity index (χ0n) is 14.7. The molecule has 0 bridgehead atoms. The third-order valence-electron chi connectivity index (χ3n) is 4.38. The van der Waals surface area contributed by atoms with Crippen molar-refractivity contribution < 1.29 is 14.0 Å². The number of hydrogen-bond donors (Lipinski definition) is 1. The average molecular weight is 413 g/mol. The number of thiophene rings is 1. The maximum Gasteiger partial charge on any atom is 0.282 e. The van der Waals surface area contributed by atoms with Crippen LogP contribution in [-0.4, -0.2) is 11.8 Å². The summed E-state index contributed by atoms with van der Waals surface area (Å²) < 4.78 is 13.3. The van der Waals surface area contributed by atoms with Gasteiger partial charge in [-0.1, -0.05) is 17.7 Å². The lowest BCUT2D eigenvalue weighted by atomic mass is 10.1. The molecule has 0 spiro atoms. The Morgan fingerprint density at radius 3 is 2.43 bits per heavy atom. The standard InChI is InChI=1S/C21H14ClFN2O2S/c1-12-11-13(22)4-9-16(12)24-19-18(17-3-2-10-28-17)20(26)25(21(19)27)15-7-5-14(23)6-8-15/h2-11,24H,1H3. The van der Waals surface area contributed by atoms with Crippen molar-refractivity contribution in [2.75, 3.05) is 10.2 Å². The van der Waals surface area contributed by atoms with Crippen LogP contribution < -0.4 is 10.2 Å². The normalized spacial score (nSPS) is 14.2. The predicted molar refractivity (Wildman–Crippen MR) is 110 cm³/mol. The van der Waals surface area contributed by atoms with E-state index in [1.165, 1.54) is 35.6 Å². The maximum atomic E-state index is 13.3. The number of anilines is 2. The zero-order valence-corrected chi connectivity index (χ0v) is 16.3. The van der Waals surface area contributed by atoms with Gasteiger partial charge in [0, 0.05) is 15.6 Å². The van der Waals surface area contributed by atoms with Crippen molar-refractivity contribution in [2.45, 2.75) is 6.92 Å². The molecule has 2 amide bonds. The molecular formula is C21H14ClFN2O2S. The Hall–Kier alpha value is -2.96. The highest BCUT2D eigenvalue weighted by Gasteiger charge is 2.40. The fourth-order valence-electron chi connectivity index (χ4n) is 3.02. The number of aryl methyl sites for hydroxylation is 1. The summed E-state index contributed by atoms with van der Waals surface area (Å²) in [4.78, 5) is 28.0. The van der Waals surface area contributed by atoms with E-state index in [9.17, 15) is 14.0 Å². The van der Waals surface area contributed by atoms with E-state index in [1.807, 2.05) is 18.4 Å². The largest absolute Gasteiger partial charge is 0.350 e. The lowest BCUT2D eigenvalue weighted by Crippen LogP contribution is -2.32. The Morgan fingerprint density at radius 1 is 1.04 bits per heavy atom. The molecule has 0 fully saturated rings. The van der Waals surface area contributed by atoms with E-state index >= 15 is 0 Å². The van der Waals surface area contributed by atoms with Crippen LogP contribution in [0.4, 0.5) is 15.8 Å². The Bertz CT molecular complexity index is 1110. The summed E-state index contributed by atoms with van der Waals surface area (Å²) in [5.41, 5.74) is 2.30. The molecule has 1 aromatic heterocycles. The second-order valence-corrected chi connectivity index (χ2v) is 7.62. The summed E-state index contributed by atoms with van der Waals surface area (Å²) in [6.45, 7) is 1.86. The van der Waals surface area contributed by atoms with E-state index < -0.39 is 17.6 Å². The summed E-state index contributed by atoms with van der Waals surface area (Å²) in [5.74, 6) is -1.38. The first-order valence-electron chi connectivity index (χ1n) is 8.41. The van der Waals surface area contributed by atoms with Gasteiger partial charge in [-0.25, -0.2) is 9.29 Å². The molecule has 0 saturated carbocycles. The van der Waals surface area contributed by atoms with Gasteiger partial charge in [0.2, 0.25) is 0 Å². The minimum atomic E-state index is -0.491. The molecule has 140 valence electrons. The van der Waals surface area contributed by atoms with Gasteiger partial charge in [0.05, 0.1) is 11.3 Å². The van der Waals surface area contributed by atoms with Gasteiger partial charge < -0.3 is 5.32 Å². The summed E-state index contributed by atoms with van der Waals surface area (Å²) in [6.07, 6.45) is 0. The number of hydrogen-bond acceptors (Lipinski definition) is 4. The maximum absolute atomic E-state index is 13.3. The number of benzene rings is 2. The first kappa shape index (κ1) is 18.4. The molecule has 0 atom stereocenters. The molecule has 4 rings (SSSR count). The third-order valence-corrected chi connectivity index (χ3v) is 5.51. The summed E-state index contributed by atoms with van der Waals surface area (Å²) in [6, 6.07) is 14.1. The number of rotatable bonds is 4. The van der Waals surface area contributed by atoms with E-state index in [-0.39, 0.29) is 5.70 Å². The van der Waals surface area contributed by atoms with Crippen LogP contribution in [0, 0.1) is 12.7 Å². The highest BCUT2D eigenvalue weighted by molar-refractivity contribution is 7.11. The molecule has 0 radical (unpaired) electrons. The number of imide groups is 1. The lowest BCUT2D eigenvalue weighted by molar-refractivity contribution is -0.120. The van der Waals surface area contributed by atoms with Crippen LogP contribution in [0.2, 0.25) is 5.02 Å². The Balaban J connectivity index is 1.80. The SMILES string of the molecule is Cc1cc(Cl)ccc1NC1=C(c2cccs2)C(=O)N(c2ccc(F)cc2)C1=O. The van der Waals surface area contributed by atoms with Gasteiger partial charge in [0.15, 0.2) is 0 Å². The van der Waals surface area contributed by atoms with E-state index in [2.05, 4.69) is 5.32 Å². The van der Waals surface area contributed by atoms with Gasteiger partial charge >= 0.3 is 0 Å². The molecule has 0 saturated heterocycles. The minimum Gasteiger partial charge on any atom is -0.350 e. The fourth-order valence-corrected chi connectivity index (χ4v) is 4.02. The van der Waals surface area contributed by atoms with Crippen LogP contribution in [0.15, 0.2) is 65.7 Å². The second kappa shape index (κ2) is 7.22. The topological polar surface area (TPSA) is 49.4 Å². The molecule has 1 N–H and O–H groups in total. The molecule has 1 aliphatic heterocycles. The highest BCUT2D eigenvalue weighted by atomic mass is 35.5. The van der Waals surface area contributed by atoms with E-state index in [4.69, 9.17) is 11.6 Å². The quantitative estimate of drug-likeness (QED) is 0.596. The molecule has 28 heavy (non-hydrogen) atoms. The van der Waals surface area contributed by atoms with Crippen molar-refractivity contribution in [1.82, 2.24) is 0 Å². The Labute approximate surface area is 169 Å². The first-order valence-corrected chi connectivity index (χ1v) is 9.67. The highest BCUT2D eigenvalue weighted by Crippen LogP contribution is 2.36. The molecule has 4 nitrogen and oxygen atoms in total. The fraction of sp³-hybridized carbons (Fsp3) is 0.0476. The Kier molecular flexibility index (Phi) is 4.75. The summed E-state index contributed by atoms with van der Waals surface area (Å²) in [7, 11) is 0.